The highest BCUT2D eigenvalue weighted by atomic mass is 16.6. The highest BCUT2D eigenvalue weighted by molar-refractivity contribution is 5.90. The van der Waals surface area contributed by atoms with Crippen molar-refractivity contribution in [1.82, 2.24) is 10.2 Å². The number of nitro groups is 1. The van der Waals surface area contributed by atoms with Gasteiger partial charge in [-0.1, -0.05) is 6.07 Å². The zero-order chi connectivity index (χ0) is 19.4. The number of nitro benzene ring substituents is 1. The van der Waals surface area contributed by atoms with Crippen molar-refractivity contribution >= 4 is 11.7 Å². The molecule has 0 fully saturated rings. The lowest BCUT2D eigenvalue weighted by Gasteiger charge is -2.09. The van der Waals surface area contributed by atoms with Crippen LogP contribution in [0.15, 0.2) is 52.9 Å². The monoisotopic (exact) mass is 369 g/mol. The van der Waals surface area contributed by atoms with E-state index in [1.54, 1.807) is 38.3 Å². The van der Waals surface area contributed by atoms with E-state index in [1.807, 2.05) is 0 Å². The average Bonchev–Trinajstić information content (AvgIpc) is 3.18. The van der Waals surface area contributed by atoms with Gasteiger partial charge in [-0.15, -0.1) is 10.2 Å². The van der Waals surface area contributed by atoms with Gasteiger partial charge in [0.15, 0.2) is 6.10 Å². The van der Waals surface area contributed by atoms with Crippen molar-refractivity contribution in [3.63, 3.8) is 0 Å². The van der Waals surface area contributed by atoms with Gasteiger partial charge in [-0.05, 0) is 37.3 Å². The van der Waals surface area contributed by atoms with E-state index in [9.17, 15) is 14.9 Å². The number of nitrogens with zero attached hydrogens (tertiary/aromatic N) is 3. The Labute approximate surface area is 153 Å². The summed E-state index contributed by atoms with van der Waals surface area (Å²) < 4.78 is 15.9. The lowest BCUT2D eigenvalue weighted by Crippen LogP contribution is -2.09. The number of non-ortho nitro benzene ring substituents is 1. The van der Waals surface area contributed by atoms with Crippen LogP contribution in [0.25, 0.3) is 11.5 Å². The van der Waals surface area contributed by atoms with Crippen LogP contribution in [0.3, 0.4) is 0 Å². The van der Waals surface area contributed by atoms with Gasteiger partial charge in [0.1, 0.15) is 5.75 Å². The minimum absolute atomic E-state index is 0.0611. The molecule has 0 saturated carbocycles. The molecule has 0 aliphatic carbocycles. The number of carbonyl (C=O) groups excluding carboxylic acids is 1. The molecule has 0 bridgehead atoms. The third kappa shape index (κ3) is 4.09. The van der Waals surface area contributed by atoms with Crippen molar-refractivity contribution in [3.05, 3.63) is 70.1 Å². The molecule has 0 N–H and O–H groups in total. The van der Waals surface area contributed by atoms with Crippen LogP contribution in [0.2, 0.25) is 0 Å². The van der Waals surface area contributed by atoms with Crippen molar-refractivity contribution in [3.8, 4) is 17.2 Å². The van der Waals surface area contributed by atoms with E-state index in [4.69, 9.17) is 13.9 Å². The van der Waals surface area contributed by atoms with Gasteiger partial charge in [0.05, 0.1) is 17.6 Å². The van der Waals surface area contributed by atoms with E-state index in [-0.39, 0.29) is 23.0 Å². The van der Waals surface area contributed by atoms with Gasteiger partial charge in [-0.2, -0.15) is 0 Å². The zero-order valence-electron chi connectivity index (χ0n) is 14.5. The zero-order valence-corrected chi connectivity index (χ0v) is 14.5. The van der Waals surface area contributed by atoms with Crippen molar-refractivity contribution in [2.45, 2.75) is 13.0 Å². The molecule has 3 rings (SSSR count). The summed E-state index contributed by atoms with van der Waals surface area (Å²) in [6.07, 6.45) is -0.823. The highest BCUT2D eigenvalue weighted by Crippen LogP contribution is 2.25. The first kappa shape index (κ1) is 18.1. The van der Waals surface area contributed by atoms with Crippen molar-refractivity contribution in [2.75, 3.05) is 7.11 Å². The van der Waals surface area contributed by atoms with Crippen LogP contribution >= 0.6 is 0 Å². The molecule has 0 aliphatic rings. The van der Waals surface area contributed by atoms with Gasteiger partial charge in [0, 0.05) is 17.7 Å². The Balaban J connectivity index is 1.72. The number of benzene rings is 2. The first-order valence-electron chi connectivity index (χ1n) is 7.91. The minimum atomic E-state index is -0.823. The predicted molar refractivity (Wildman–Crippen MR) is 93.2 cm³/mol. The number of hydrogen-bond donors (Lipinski definition) is 0. The van der Waals surface area contributed by atoms with Gasteiger partial charge in [-0.25, -0.2) is 4.79 Å². The van der Waals surface area contributed by atoms with Gasteiger partial charge >= 0.3 is 5.97 Å². The molecule has 0 aliphatic heterocycles. The number of methoxy groups -OCH3 is 1. The Morgan fingerprint density at radius 2 is 1.93 bits per heavy atom. The van der Waals surface area contributed by atoms with Gasteiger partial charge < -0.3 is 13.9 Å². The molecule has 3 aromatic rings. The Kier molecular flexibility index (Phi) is 5.11. The van der Waals surface area contributed by atoms with Crippen molar-refractivity contribution in [1.29, 1.82) is 0 Å². The number of ether oxygens (including phenoxy) is 2. The molecule has 1 heterocycles. The average molecular weight is 369 g/mol. The maximum atomic E-state index is 12.2. The summed E-state index contributed by atoms with van der Waals surface area (Å²) in [4.78, 5) is 22.4. The standard InChI is InChI=1S/C18H15N3O6/c1-11(26-18(22)13-4-3-5-14(10-13)21(23)24)16-19-20-17(27-16)12-6-8-15(25-2)9-7-12/h3-11H,1-2H3/t11-/m0/s1. The van der Waals surface area contributed by atoms with Gasteiger partial charge in [0.25, 0.3) is 11.6 Å². The van der Waals surface area contributed by atoms with Crippen LogP contribution in [0, 0.1) is 10.1 Å². The Hall–Kier alpha value is -3.75. The fourth-order valence-electron chi connectivity index (χ4n) is 2.27. The summed E-state index contributed by atoms with van der Waals surface area (Å²) in [7, 11) is 1.57. The third-order valence-corrected chi connectivity index (χ3v) is 3.70. The number of aromatic nitrogens is 2. The number of esters is 1. The first-order chi connectivity index (χ1) is 13.0. The van der Waals surface area contributed by atoms with Crippen LogP contribution in [-0.2, 0) is 4.74 Å². The molecule has 0 amide bonds. The lowest BCUT2D eigenvalue weighted by molar-refractivity contribution is -0.384. The second-order valence-electron chi connectivity index (χ2n) is 5.53. The maximum Gasteiger partial charge on any atom is 0.339 e. The fourth-order valence-corrected chi connectivity index (χ4v) is 2.27. The van der Waals surface area contributed by atoms with E-state index in [0.29, 0.717) is 11.3 Å². The van der Waals surface area contributed by atoms with Crippen LogP contribution in [0.1, 0.15) is 29.3 Å². The van der Waals surface area contributed by atoms with Crippen LogP contribution < -0.4 is 4.74 Å². The Bertz CT molecular complexity index is 967. The largest absolute Gasteiger partial charge is 0.497 e. The van der Waals surface area contributed by atoms with E-state index >= 15 is 0 Å². The van der Waals surface area contributed by atoms with Crippen LogP contribution in [0.4, 0.5) is 5.69 Å². The van der Waals surface area contributed by atoms with E-state index in [0.717, 1.165) is 6.07 Å². The molecule has 1 aromatic heterocycles. The summed E-state index contributed by atoms with van der Waals surface area (Å²) in [6.45, 7) is 1.57. The second-order valence-corrected chi connectivity index (χ2v) is 5.53. The van der Waals surface area contributed by atoms with Crippen molar-refractivity contribution < 1.29 is 23.6 Å². The summed E-state index contributed by atoms with van der Waals surface area (Å²) >= 11 is 0. The molecule has 0 saturated heterocycles. The Morgan fingerprint density at radius 1 is 1.19 bits per heavy atom. The minimum Gasteiger partial charge on any atom is -0.497 e. The summed E-state index contributed by atoms with van der Waals surface area (Å²) in [5, 5.41) is 18.6. The van der Waals surface area contributed by atoms with Gasteiger partial charge in [0.2, 0.25) is 5.89 Å². The van der Waals surface area contributed by atoms with Gasteiger partial charge in [-0.3, -0.25) is 10.1 Å². The van der Waals surface area contributed by atoms with E-state index < -0.39 is 17.0 Å². The third-order valence-electron chi connectivity index (χ3n) is 3.70. The summed E-state index contributed by atoms with van der Waals surface area (Å²) in [5.41, 5.74) is 0.550. The quantitative estimate of drug-likeness (QED) is 0.368. The number of hydrogen-bond acceptors (Lipinski definition) is 8. The molecule has 138 valence electrons. The van der Waals surface area contributed by atoms with Crippen molar-refractivity contribution in [2.24, 2.45) is 0 Å². The highest BCUT2D eigenvalue weighted by Gasteiger charge is 2.21. The molecule has 0 radical (unpaired) electrons. The number of rotatable bonds is 6. The molecule has 2 aromatic carbocycles. The first-order valence-corrected chi connectivity index (χ1v) is 7.91. The lowest BCUT2D eigenvalue weighted by atomic mass is 10.2. The topological polar surface area (TPSA) is 118 Å². The summed E-state index contributed by atoms with van der Waals surface area (Å²) in [6, 6.07) is 12.3. The molecule has 0 unspecified atom stereocenters. The molecule has 0 spiro atoms. The Morgan fingerprint density at radius 3 is 2.59 bits per heavy atom. The maximum absolute atomic E-state index is 12.2. The molecule has 1 atom stereocenters. The molecule has 9 heteroatoms. The SMILES string of the molecule is COc1ccc(-c2nnc([C@H](C)OC(=O)c3cccc([N+](=O)[O-])c3)o2)cc1. The second kappa shape index (κ2) is 7.65. The smallest absolute Gasteiger partial charge is 0.339 e. The van der Waals surface area contributed by atoms with Crippen LogP contribution in [0.5, 0.6) is 5.75 Å². The molecule has 9 nitrogen and oxygen atoms in total. The predicted octanol–water partition coefficient (Wildman–Crippen LogP) is 3.57. The number of carbonyl (C=O) groups is 1. The molecular weight excluding hydrogens is 354 g/mol. The van der Waals surface area contributed by atoms with Crippen LogP contribution in [-0.4, -0.2) is 28.2 Å². The van der Waals surface area contributed by atoms with E-state index in [2.05, 4.69) is 10.2 Å². The normalized spacial score (nSPS) is 11.6. The van der Waals surface area contributed by atoms with E-state index in [1.165, 1.54) is 18.2 Å². The molecular formula is C18H15N3O6. The fraction of sp³-hybridized carbons (Fsp3) is 0.167. The summed E-state index contributed by atoms with van der Waals surface area (Å²) in [5.74, 6) is 0.346. The molecule has 27 heavy (non-hydrogen) atoms.